The number of nitrogens with zero attached hydrogens (tertiary/aromatic N) is 2. The predicted molar refractivity (Wildman–Crippen MR) is 108 cm³/mol. The lowest BCUT2D eigenvalue weighted by Gasteiger charge is -2.14. The van der Waals surface area contributed by atoms with Gasteiger partial charge in [0.1, 0.15) is 0 Å². The smallest absolute Gasteiger partial charge is 0.231 e. The zero-order chi connectivity index (χ0) is 19.1. The SMILES string of the molecule is CN=C(NCCc1ccc2c(c1)OCO2)NCc1cccc(CN(C)C)c1. The monoisotopic (exact) mass is 368 g/mol. The van der Waals surface area contributed by atoms with E-state index in [0.29, 0.717) is 6.79 Å². The van der Waals surface area contributed by atoms with E-state index >= 15 is 0 Å². The zero-order valence-electron chi connectivity index (χ0n) is 16.3. The first-order valence-corrected chi connectivity index (χ1v) is 9.19. The van der Waals surface area contributed by atoms with E-state index in [2.05, 4.69) is 65.0 Å². The summed E-state index contributed by atoms with van der Waals surface area (Å²) in [5, 5.41) is 6.74. The number of ether oxygens (including phenoxy) is 2. The van der Waals surface area contributed by atoms with Gasteiger partial charge in [0.2, 0.25) is 6.79 Å². The van der Waals surface area contributed by atoms with Crippen molar-refractivity contribution in [2.24, 2.45) is 4.99 Å². The van der Waals surface area contributed by atoms with Gasteiger partial charge in [-0.1, -0.05) is 30.3 Å². The lowest BCUT2D eigenvalue weighted by molar-refractivity contribution is 0.174. The summed E-state index contributed by atoms with van der Waals surface area (Å²) in [6, 6.07) is 14.7. The van der Waals surface area contributed by atoms with Crippen LogP contribution in [0.1, 0.15) is 16.7 Å². The van der Waals surface area contributed by atoms with Crippen molar-refractivity contribution in [1.82, 2.24) is 15.5 Å². The van der Waals surface area contributed by atoms with Crippen LogP contribution in [0.2, 0.25) is 0 Å². The van der Waals surface area contributed by atoms with Gasteiger partial charge in [0, 0.05) is 26.7 Å². The highest BCUT2D eigenvalue weighted by molar-refractivity contribution is 5.79. The van der Waals surface area contributed by atoms with Crippen LogP contribution in [0.3, 0.4) is 0 Å². The van der Waals surface area contributed by atoms with Crippen LogP contribution in [0.4, 0.5) is 0 Å². The molecule has 27 heavy (non-hydrogen) atoms. The van der Waals surface area contributed by atoms with E-state index in [0.717, 1.165) is 43.5 Å². The Bertz CT molecular complexity index is 790. The summed E-state index contributed by atoms with van der Waals surface area (Å²) < 4.78 is 10.8. The van der Waals surface area contributed by atoms with E-state index in [1.54, 1.807) is 7.05 Å². The molecule has 0 unspecified atom stereocenters. The van der Waals surface area contributed by atoms with Crippen molar-refractivity contribution < 1.29 is 9.47 Å². The topological polar surface area (TPSA) is 58.1 Å². The van der Waals surface area contributed by atoms with Gasteiger partial charge in [-0.2, -0.15) is 0 Å². The van der Waals surface area contributed by atoms with E-state index in [-0.39, 0.29) is 0 Å². The first-order valence-electron chi connectivity index (χ1n) is 9.19. The minimum Gasteiger partial charge on any atom is -0.454 e. The van der Waals surface area contributed by atoms with Crippen molar-refractivity contribution >= 4 is 5.96 Å². The van der Waals surface area contributed by atoms with Crippen LogP contribution in [-0.2, 0) is 19.5 Å². The Balaban J connectivity index is 1.45. The quantitative estimate of drug-likeness (QED) is 0.581. The fourth-order valence-electron chi connectivity index (χ4n) is 3.03. The highest BCUT2D eigenvalue weighted by Gasteiger charge is 2.12. The summed E-state index contributed by atoms with van der Waals surface area (Å²) in [6.07, 6.45) is 0.885. The molecule has 3 rings (SSSR count). The molecule has 1 aliphatic heterocycles. The normalized spacial score (nSPS) is 13.1. The summed E-state index contributed by atoms with van der Waals surface area (Å²) in [4.78, 5) is 6.47. The average Bonchev–Trinajstić information content (AvgIpc) is 3.12. The summed E-state index contributed by atoms with van der Waals surface area (Å²) in [6.45, 7) is 2.78. The average molecular weight is 368 g/mol. The van der Waals surface area contributed by atoms with E-state index in [4.69, 9.17) is 9.47 Å². The minimum atomic E-state index is 0.309. The molecule has 6 nitrogen and oxygen atoms in total. The molecular weight excluding hydrogens is 340 g/mol. The lowest BCUT2D eigenvalue weighted by Crippen LogP contribution is -2.37. The first kappa shape index (κ1) is 19.0. The second-order valence-electron chi connectivity index (χ2n) is 6.85. The fraction of sp³-hybridized carbons (Fsp3) is 0.381. The molecule has 0 fully saturated rings. The third-order valence-corrected chi connectivity index (χ3v) is 4.32. The molecule has 2 N–H and O–H groups in total. The van der Waals surface area contributed by atoms with Gasteiger partial charge in [-0.25, -0.2) is 0 Å². The number of guanidine groups is 1. The predicted octanol–water partition coefficient (Wildman–Crippen LogP) is 2.38. The molecule has 0 aliphatic carbocycles. The second kappa shape index (κ2) is 9.28. The maximum absolute atomic E-state index is 5.43. The molecule has 2 aromatic rings. The fourth-order valence-corrected chi connectivity index (χ4v) is 3.03. The van der Waals surface area contributed by atoms with E-state index in [1.807, 2.05) is 12.1 Å². The van der Waals surface area contributed by atoms with Crippen LogP contribution < -0.4 is 20.1 Å². The summed E-state index contributed by atoms with van der Waals surface area (Å²) >= 11 is 0. The molecule has 6 heteroatoms. The summed E-state index contributed by atoms with van der Waals surface area (Å²) in [7, 11) is 5.95. The van der Waals surface area contributed by atoms with Crippen molar-refractivity contribution in [3.63, 3.8) is 0 Å². The number of rotatable bonds is 7. The maximum Gasteiger partial charge on any atom is 0.231 e. The molecule has 2 aromatic carbocycles. The van der Waals surface area contributed by atoms with Crippen LogP contribution >= 0.6 is 0 Å². The Morgan fingerprint density at radius 3 is 2.63 bits per heavy atom. The molecule has 0 saturated carbocycles. The van der Waals surface area contributed by atoms with Gasteiger partial charge in [0.15, 0.2) is 17.5 Å². The highest BCUT2D eigenvalue weighted by Crippen LogP contribution is 2.32. The third kappa shape index (κ3) is 5.62. The number of aliphatic imine (C=N–C) groups is 1. The van der Waals surface area contributed by atoms with Gasteiger partial charge in [-0.15, -0.1) is 0 Å². The van der Waals surface area contributed by atoms with Crippen LogP contribution in [0.15, 0.2) is 47.5 Å². The number of hydrogen-bond donors (Lipinski definition) is 2. The Kier molecular flexibility index (Phi) is 6.54. The molecule has 0 aromatic heterocycles. The highest BCUT2D eigenvalue weighted by atomic mass is 16.7. The van der Waals surface area contributed by atoms with Crippen LogP contribution in [-0.4, -0.2) is 45.3 Å². The lowest BCUT2D eigenvalue weighted by atomic mass is 10.1. The van der Waals surface area contributed by atoms with Crippen molar-refractivity contribution in [2.75, 3.05) is 34.5 Å². The number of hydrogen-bond acceptors (Lipinski definition) is 4. The molecule has 144 valence electrons. The van der Waals surface area contributed by atoms with Crippen molar-refractivity contribution in [2.45, 2.75) is 19.5 Å². The van der Waals surface area contributed by atoms with Crippen molar-refractivity contribution in [3.05, 3.63) is 59.2 Å². The third-order valence-electron chi connectivity index (χ3n) is 4.32. The Morgan fingerprint density at radius 1 is 1.00 bits per heavy atom. The summed E-state index contributed by atoms with van der Waals surface area (Å²) in [5.41, 5.74) is 3.76. The van der Waals surface area contributed by atoms with Gasteiger partial charge in [-0.3, -0.25) is 4.99 Å². The molecule has 0 amide bonds. The number of nitrogens with one attached hydrogen (secondary N) is 2. The number of fused-ring (bicyclic) bond motifs is 1. The van der Waals surface area contributed by atoms with Gasteiger partial charge in [0.25, 0.3) is 0 Å². The van der Waals surface area contributed by atoms with Gasteiger partial charge in [-0.05, 0) is 49.3 Å². The minimum absolute atomic E-state index is 0.309. The maximum atomic E-state index is 5.43. The van der Waals surface area contributed by atoms with Crippen molar-refractivity contribution in [3.8, 4) is 11.5 Å². The largest absolute Gasteiger partial charge is 0.454 e. The van der Waals surface area contributed by atoms with Gasteiger partial charge in [0.05, 0.1) is 0 Å². The Morgan fingerprint density at radius 2 is 1.81 bits per heavy atom. The Labute approximate surface area is 161 Å². The second-order valence-corrected chi connectivity index (χ2v) is 6.85. The van der Waals surface area contributed by atoms with E-state index in [9.17, 15) is 0 Å². The van der Waals surface area contributed by atoms with Crippen molar-refractivity contribution in [1.29, 1.82) is 0 Å². The molecular formula is C21H28N4O2. The van der Waals surface area contributed by atoms with Crippen LogP contribution in [0, 0.1) is 0 Å². The van der Waals surface area contributed by atoms with Crippen LogP contribution in [0.25, 0.3) is 0 Å². The number of benzene rings is 2. The van der Waals surface area contributed by atoms with Gasteiger partial charge < -0.3 is 25.0 Å². The van der Waals surface area contributed by atoms with Crippen LogP contribution in [0.5, 0.6) is 11.5 Å². The van der Waals surface area contributed by atoms with E-state index < -0.39 is 0 Å². The molecule has 0 bridgehead atoms. The molecule has 1 heterocycles. The zero-order valence-corrected chi connectivity index (χ0v) is 16.3. The molecule has 1 aliphatic rings. The first-order chi connectivity index (χ1) is 13.1. The molecule has 0 spiro atoms. The van der Waals surface area contributed by atoms with Gasteiger partial charge >= 0.3 is 0 Å². The van der Waals surface area contributed by atoms with E-state index in [1.165, 1.54) is 16.7 Å². The summed E-state index contributed by atoms with van der Waals surface area (Å²) in [5.74, 6) is 2.45. The Hall–Kier alpha value is -2.73. The molecule has 0 saturated heterocycles. The molecule has 0 radical (unpaired) electrons. The molecule has 0 atom stereocenters. The standard InChI is InChI=1S/C21H28N4O2/c1-22-21(24-13-17-5-4-6-18(11-17)14-25(2)3)23-10-9-16-7-8-19-20(12-16)27-15-26-19/h4-8,11-12H,9-10,13-15H2,1-3H3,(H2,22,23,24).